The third kappa shape index (κ3) is 7.77. The van der Waals surface area contributed by atoms with Crippen LogP contribution in [0.4, 0.5) is 0 Å². The van der Waals surface area contributed by atoms with Gasteiger partial charge in [0.05, 0.1) is 6.54 Å². The van der Waals surface area contributed by atoms with Gasteiger partial charge in [-0.1, -0.05) is 5.92 Å². The largest absolute Gasteiger partial charge is 0.357 e. The molecule has 5 heteroatoms. The second kappa shape index (κ2) is 11.0. The Bertz CT molecular complexity index is 257. The van der Waals surface area contributed by atoms with E-state index in [1.54, 1.807) is 0 Å². The first-order valence-electron chi connectivity index (χ1n) is 5.90. The van der Waals surface area contributed by atoms with Crippen molar-refractivity contribution in [3.63, 3.8) is 0 Å². The lowest BCUT2D eigenvalue weighted by atomic mass is 10.0. The molecule has 1 fully saturated rings. The van der Waals surface area contributed by atoms with E-state index in [2.05, 4.69) is 40.2 Å². The first-order valence-corrected chi connectivity index (χ1v) is 7.05. The summed E-state index contributed by atoms with van der Waals surface area (Å²) >= 11 is 2.05. The van der Waals surface area contributed by atoms with Gasteiger partial charge in [-0.3, -0.25) is 4.99 Å². The van der Waals surface area contributed by atoms with Crippen molar-refractivity contribution in [1.82, 2.24) is 10.6 Å². The average molecular weight is 367 g/mol. The Kier molecular flexibility index (Phi) is 11.0. The van der Waals surface area contributed by atoms with E-state index in [0.717, 1.165) is 25.0 Å². The fraction of sp³-hybridized carbons (Fsp3) is 0.750. The summed E-state index contributed by atoms with van der Waals surface area (Å²) in [6, 6.07) is 0. The van der Waals surface area contributed by atoms with Crippen LogP contribution in [0.5, 0.6) is 0 Å². The molecule has 1 heterocycles. The number of halogens is 1. The van der Waals surface area contributed by atoms with Crippen LogP contribution in [0.3, 0.4) is 0 Å². The Morgan fingerprint density at radius 3 is 2.71 bits per heavy atom. The minimum atomic E-state index is 0. The van der Waals surface area contributed by atoms with Crippen molar-refractivity contribution in [2.75, 3.05) is 31.1 Å². The molecule has 0 atom stereocenters. The Morgan fingerprint density at radius 2 is 2.12 bits per heavy atom. The highest BCUT2D eigenvalue weighted by molar-refractivity contribution is 14.0. The smallest absolute Gasteiger partial charge is 0.192 e. The molecule has 0 aromatic rings. The van der Waals surface area contributed by atoms with Gasteiger partial charge in [0.25, 0.3) is 0 Å². The summed E-state index contributed by atoms with van der Waals surface area (Å²) in [6.07, 6.45) is 7.80. The molecule has 0 aromatic heterocycles. The van der Waals surface area contributed by atoms with Crippen molar-refractivity contribution < 1.29 is 0 Å². The number of terminal acetylenes is 1. The molecule has 1 aliphatic rings. The molecule has 1 aliphatic heterocycles. The molecule has 0 bridgehead atoms. The van der Waals surface area contributed by atoms with Crippen LogP contribution in [-0.2, 0) is 0 Å². The van der Waals surface area contributed by atoms with E-state index < -0.39 is 0 Å². The molecule has 3 nitrogen and oxygen atoms in total. The molecule has 0 aromatic carbocycles. The van der Waals surface area contributed by atoms with Crippen molar-refractivity contribution in [1.29, 1.82) is 0 Å². The van der Waals surface area contributed by atoms with Crippen molar-refractivity contribution in [2.45, 2.75) is 19.8 Å². The standard InChI is InChI=1S/C12H21N3S.HI/c1-3-7-14-12(13-4-2)15-10-11-5-8-16-9-6-11;/h1,11H,4-10H2,2H3,(H2,13,14,15);1H. The molecule has 1 rings (SSSR count). The van der Waals surface area contributed by atoms with Gasteiger partial charge >= 0.3 is 0 Å². The van der Waals surface area contributed by atoms with Gasteiger partial charge in [0, 0.05) is 13.1 Å². The Balaban J connectivity index is 0.00000256. The summed E-state index contributed by atoms with van der Waals surface area (Å²) in [5.41, 5.74) is 0. The Labute approximate surface area is 126 Å². The third-order valence-corrected chi connectivity index (χ3v) is 3.60. The highest BCUT2D eigenvalue weighted by Gasteiger charge is 2.12. The predicted octanol–water partition coefficient (Wildman–Crippen LogP) is 1.94. The topological polar surface area (TPSA) is 36.4 Å². The van der Waals surface area contributed by atoms with Gasteiger partial charge in [-0.25, -0.2) is 0 Å². The van der Waals surface area contributed by atoms with Crippen LogP contribution in [0.25, 0.3) is 0 Å². The number of hydrogen-bond donors (Lipinski definition) is 2. The summed E-state index contributed by atoms with van der Waals surface area (Å²) in [5, 5.41) is 6.30. The highest BCUT2D eigenvalue weighted by Crippen LogP contribution is 2.22. The summed E-state index contributed by atoms with van der Waals surface area (Å²) in [4.78, 5) is 4.56. The molecule has 17 heavy (non-hydrogen) atoms. The number of nitrogens with one attached hydrogen (secondary N) is 2. The van der Waals surface area contributed by atoms with Crippen LogP contribution in [0.15, 0.2) is 4.99 Å². The van der Waals surface area contributed by atoms with Gasteiger partial charge < -0.3 is 10.6 Å². The number of thioether (sulfide) groups is 1. The Morgan fingerprint density at radius 1 is 1.41 bits per heavy atom. The van der Waals surface area contributed by atoms with E-state index in [1.165, 1.54) is 24.3 Å². The normalized spacial score (nSPS) is 16.8. The maximum atomic E-state index is 5.21. The van der Waals surface area contributed by atoms with Gasteiger partial charge in [0.1, 0.15) is 0 Å². The highest BCUT2D eigenvalue weighted by atomic mass is 127. The zero-order chi connectivity index (χ0) is 11.6. The third-order valence-electron chi connectivity index (χ3n) is 2.55. The van der Waals surface area contributed by atoms with Gasteiger partial charge in [-0.2, -0.15) is 11.8 Å². The Hall–Kier alpha value is -0.0900. The molecular weight excluding hydrogens is 345 g/mol. The molecule has 0 amide bonds. The van der Waals surface area contributed by atoms with Crippen LogP contribution in [0.1, 0.15) is 19.8 Å². The van der Waals surface area contributed by atoms with Gasteiger partial charge in [0.2, 0.25) is 0 Å². The number of guanidine groups is 1. The molecule has 1 saturated heterocycles. The fourth-order valence-electron chi connectivity index (χ4n) is 1.63. The van der Waals surface area contributed by atoms with E-state index in [4.69, 9.17) is 6.42 Å². The second-order valence-electron chi connectivity index (χ2n) is 3.83. The van der Waals surface area contributed by atoms with Gasteiger partial charge in [-0.05, 0) is 37.2 Å². The fourth-order valence-corrected chi connectivity index (χ4v) is 2.83. The van der Waals surface area contributed by atoms with Crippen LogP contribution in [-0.4, -0.2) is 37.1 Å². The van der Waals surface area contributed by atoms with E-state index in [-0.39, 0.29) is 24.0 Å². The minimum Gasteiger partial charge on any atom is -0.357 e. The molecule has 0 aliphatic carbocycles. The summed E-state index contributed by atoms with van der Waals surface area (Å²) in [5.74, 6) is 6.73. The lowest BCUT2D eigenvalue weighted by Crippen LogP contribution is -2.37. The lowest BCUT2D eigenvalue weighted by Gasteiger charge is -2.20. The number of aliphatic imine (C=N–C) groups is 1. The lowest BCUT2D eigenvalue weighted by molar-refractivity contribution is 0.501. The number of nitrogens with zero attached hydrogens (tertiary/aromatic N) is 1. The summed E-state index contributed by atoms with van der Waals surface area (Å²) < 4.78 is 0. The van der Waals surface area contributed by atoms with E-state index in [9.17, 15) is 0 Å². The van der Waals surface area contributed by atoms with Crippen LogP contribution in [0.2, 0.25) is 0 Å². The van der Waals surface area contributed by atoms with Crippen LogP contribution >= 0.6 is 35.7 Å². The quantitative estimate of drug-likeness (QED) is 0.345. The van der Waals surface area contributed by atoms with Crippen molar-refractivity contribution in [3.05, 3.63) is 0 Å². The first kappa shape index (κ1) is 16.9. The van der Waals surface area contributed by atoms with E-state index >= 15 is 0 Å². The molecule has 0 unspecified atom stereocenters. The maximum absolute atomic E-state index is 5.21. The molecular formula is C12H22IN3S. The van der Waals surface area contributed by atoms with Gasteiger partial charge in [-0.15, -0.1) is 30.4 Å². The summed E-state index contributed by atoms with van der Waals surface area (Å²) in [6.45, 7) is 4.38. The SMILES string of the molecule is C#CCNC(=NCC1CCSCC1)NCC.I. The average Bonchev–Trinajstić information content (AvgIpc) is 2.34. The zero-order valence-corrected chi connectivity index (χ0v) is 13.5. The van der Waals surface area contributed by atoms with Crippen LogP contribution in [0, 0.1) is 18.3 Å². The second-order valence-corrected chi connectivity index (χ2v) is 5.06. The molecule has 0 radical (unpaired) electrons. The zero-order valence-electron chi connectivity index (χ0n) is 10.4. The predicted molar refractivity (Wildman–Crippen MR) is 88.3 cm³/mol. The van der Waals surface area contributed by atoms with E-state index in [1.807, 2.05) is 0 Å². The van der Waals surface area contributed by atoms with Crippen molar-refractivity contribution in [2.24, 2.45) is 10.9 Å². The monoisotopic (exact) mass is 367 g/mol. The summed E-state index contributed by atoms with van der Waals surface area (Å²) in [7, 11) is 0. The molecule has 0 spiro atoms. The molecule has 2 N–H and O–H groups in total. The minimum absolute atomic E-state index is 0. The maximum Gasteiger partial charge on any atom is 0.192 e. The van der Waals surface area contributed by atoms with E-state index in [0.29, 0.717) is 6.54 Å². The van der Waals surface area contributed by atoms with Crippen molar-refractivity contribution in [3.8, 4) is 12.3 Å². The molecule has 98 valence electrons. The molecule has 0 saturated carbocycles. The number of rotatable bonds is 4. The van der Waals surface area contributed by atoms with Crippen molar-refractivity contribution >= 4 is 41.7 Å². The van der Waals surface area contributed by atoms with Gasteiger partial charge in [0.15, 0.2) is 5.96 Å². The van der Waals surface area contributed by atoms with Crippen LogP contribution < -0.4 is 10.6 Å². The first-order chi connectivity index (χ1) is 7.86. The number of hydrogen-bond acceptors (Lipinski definition) is 2.